The van der Waals surface area contributed by atoms with Crippen molar-refractivity contribution in [3.8, 4) is 5.82 Å². The first kappa shape index (κ1) is 12.8. The molecule has 1 aromatic carbocycles. The van der Waals surface area contributed by atoms with E-state index in [1.807, 2.05) is 0 Å². The second-order valence-electron chi connectivity index (χ2n) is 4.29. The van der Waals surface area contributed by atoms with Crippen LogP contribution in [-0.2, 0) is 0 Å². The highest BCUT2D eigenvalue weighted by atomic mass is 16.1. The van der Waals surface area contributed by atoms with E-state index >= 15 is 0 Å². The van der Waals surface area contributed by atoms with Crippen LogP contribution in [0.5, 0.6) is 0 Å². The lowest BCUT2D eigenvalue weighted by Gasteiger charge is -2.09. The molecule has 0 saturated heterocycles. The van der Waals surface area contributed by atoms with Gasteiger partial charge in [-0.3, -0.25) is 4.79 Å². The average molecular weight is 280 g/mol. The van der Waals surface area contributed by atoms with Gasteiger partial charge in [-0.25, -0.2) is 14.6 Å². The summed E-state index contributed by atoms with van der Waals surface area (Å²) >= 11 is 0. The summed E-state index contributed by atoms with van der Waals surface area (Å²) in [5.41, 5.74) is 7.23. The van der Waals surface area contributed by atoms with Crippen LogP contribution < -0.4 is 11.1 Å². The van der Waals surface area contributed by atoms with Crippen LogP contribution in [-0.4, -0.2) is 25.7 Å². The summed E-state index contributed by atoms with van der Waals surface area (Å²) in [7, 11) is 0. The van der Waals surface area contributed by atoms with Gasteiger partial charge in [0.1, 0.15) is 12.7 Å². The Hall–Kier alpha value is -3.22. The van der Waals surface area contributed by atoms with E-state index in [0.29, 0.717) is 22.8 Å². The molecule has 2 heterocycles. The van der Waals surface area contributed by atoms with Crippen molar-refractivity contribution in [2.75, 3.05) is 11.1 Å². The third-order valence-corrected chi connectivity index (χ3v) is 2.82. The maximum Gasteiger partial charge on any atom is 0.255 e. The Bertz CT molecular complexity index is 769. The number of aromatic nitrogens is 4. The number of nitrogens with one attached hydrogen (secondary N) is 1. The summed E-state index contributed by atoms with van der Waals surface area (Å²) in [5, 5.41) is 6.81. The standard InChI is InChI=1S/C14H12N6O/c15-11-4-1-3-10(7-11)14(21)19-12-5-2-6-17-13(12)20-9-16-8-18-20/h1-9H,15H2,(H,19,21). The van der Waals surface area contributed by atoms with E-state index in [0.717, 1.165) is 0 Å². The number of pyridine rings is 1. The van der Waals surface area contributed by atoms with Gasteiger partial charge in [-0.05, 0) is 30.3 Å². The van der Waals surface area contributed by atoms with Crippen molar-refractivity contribution >= 4 is 17.3 Å². The molecule has 0 bridgehead atoms. The van der Waals surface area contributed by atoms with E-state index in [2.05, 4.69) is 20.4 Å². The molecule has 104 valence electrons. The van der Waals surface area contributed by atoms with Crippen LogP contribution >= 0.6 is 0 Å². The molecule has 0 saturated carbocycles. The molecule has 7 heteroatoms. The Labute approximate surface area is 120 Å². The molecule has 0 fully saturated rings. The maximum atomic E-state index is 12.2. The van der Waals surface area contributed by atoms with Gasteiger partial charge < -0.3 is 11.1 Å². The Morgan fingerprint density at radius 2 is 2.14 bits per heavy atom. The number of carbonyl (C=O) groups excluding carboxylic acids is 1. The van der Waals surface area contributed by atoms with Gasteiger partial charge >= 0.3 is 0 Å². The Morgan fingerprint density at radius 1 is 1.24 bits per heavy atom. The summed E-state index contributed by atoms with van der Waals surface area (Å²) in [6.45, 7) is 0. The lowest BCUT2D eigenvalue weighted by atomic mass is 10.2. The van der Waals surface area contributed by atoms with Gasteiger partial charge in [-0.2, -0.15) is 5.10 Å². The Kier molecular flexibility index (Phi) is 3.30. The molecule has 0 aliphatic carbocycles. The minimum Gasteiger partial charge on any atom is -0.399 e. The van der Waals surface area contributed by atoms with E-state index in [4.69, 9.17) is 5.73 Å². The van der Waals surface area contributed by atoms with E-state index in [1.54, 1.807) is 42.6 Å². The topological polar surface area (TPSA) is 98.7 Å². The quantitative estimate of drug-likeness (QED) is 0.708. The van der Waals surface area contributed by atoms with Crippen LogP contribution in [0.4, 0.5) is 11.4 Å². The van der Waals surface area contributed by atoms with Crippen LogP contribution in [0.15, 0.2) is 55.2 Å². The molecule has 3 aromatic rings. The van der Waals surface area contributed by atoms with Crippen LogP contribution in [0, 0.1) is 0 Å². The van der Waals surface area contributed by atoms with Crippen molar-refractivity contribution < 1.29 is 4.79 Å². The number of nitrogen functional groups attached to an aromatic ring is 1. The van der Waals surface area contributed by atoms with Crippen molar-refractivity contribution in [2.45, 2.75) is 0 Å². The van der Waals surface area contributed by atoms with Gasteiger partial charge in [-0.15, -0.1) is 0 Å². The summed E-state index contributed by atoms with van der Waals surface area (Å²) in [5.74, 6) is 0.226. The summed E-state index contributed by atoms with van der Waals surface area (Å²) in [4.78, 5) is 20.3. The normalized spacial score (nSPS) is 10.3. The number of nitrogens with two attached hydrogens (primary N) is 1. The molecule has 0 atom stereocenters. The first-order chi connectivity index (χ1) is 10.2. The highest BCUT2D eigenvalue weighted by Crippen LogP contribution is 2.17. The number of rotatable bonds is 3. The second kappa shape index (κ2) is 5.41. The minimum atomic E-state index is -0.267. The van der Waals surface area contributed by atoms with Crippen LogP contribution in [0.25, 0.3) is 5.82 Å². The molecule has 21 heavy (non-hydrogen) atoms. The molecule has 0 radical (unpaired) electrons. The molecular formula is C14H12N6O. The zero-order valence-electron chi connectivity index (χ0n) is 11.0. The minimum absolute atomic E-state index is 0.267. The molecule has 0 unspecified atom stereocenters. The number of benzene rings is 1. The Morgan fingerprint density at radius 3 is 2.90 bits per heavy atom. The predicted octanol–water partition coefficient (Wildman–Crippen LogP) is 1.50. The highest BCUT2D eigenvalue weighted by molar-refractivity contribution is 6.05. The van der Waals surface area contributed by atoms with Gasteiger partial charge in [0.05, 0.1) is 5.69 Å². The third kappa shape index (κ3) is 2.71. The highest BCUT2D eigenvalue weighted by Gasteiger charge is 2.11. The van der Waals surface area contributed by atoms with E-state index in [-0.39, 0.29) is 5.91 Å². The summed E-state index contributed by atoms with van der Waals surface area (Å²) in [6, 6.07) is 10.2. The van der Waals surface area contributed by atoms with Gasteiger partial charge in [0.2, 0.25) is 0 Å². The van der Waals surface area contributed by atoms with Gasteiger partial charge in [-0.1, -0.05) is 6.07 Å². The first-order valence-electron chi connectivity index (χ1n) is 6.21. The summed E-state index contributed by atoms with van der Waals surface area (Å²) in [6.07, 6.45) is 4.53. The molecule has 1 amide bonds. The molecule has 0 spiro atoms. The third-order valence-electron chi connectivity index (χ3n) is 2.82. The smallest absolute Gasteiger partial charge is 0.255 e. The van der Waals surface area contributed by atoms with E-state index in [1.165, 1.54) is 17.3 Å². The largest absolute Gasteiger partial charge is 0.399 e. The molecule has 3 N–H and O–H groups in total. The monoisotopic (exact) mass is 280 g/mol. The van der Waals surface area contributed by atoms with Crippen molar-refractivity contribution in [2.24, 2.45) is 0 Å². The number of amides is 1. The predicted molar refractivity (Wildman–Crippen MR) is 78.0 cm³/mol. The molecule has 0 aliphatic rings. The number of anilines is 2. The number of hydrogen-bond donors (Lipinski definition) is 2. The van der Waals surface area contributed by atoms with Crippen LogP contribution in [0.1, 0.15) is 10.4 Å². The number of nitrogens with zero attached hydrogens (tertiary/aromatic N) is 4. The first-order valence-corrected chi connectivity index (χ1v) is 6.21. The van der Waals surface area contributed by atoms with E-state index in [9.17, 15) is 4.79 Å². The second-order valence-corrected chi connectivity index (χ2v) is 4.29. The average Bonchev–Trinajstić information content (AvgIpc) is 3.02. The molecule has 0 aliphatic heterocycles. The van der Waals surface area contributed by atoms with Gasteiger partial charge in [0.25, 0.3) is 5.91 Å². The van der Waals surface area contributed by atoms with E-state index < -0.39 is 0 Å². The lowest BCUT2D eigenvalue weighted by Crippen LogP contribution is -2.15. The molecular weight excluding hydrogens is 268 g/mol. The zero-order chi connectivity index (χ0) is 14.7. The maximum absolute atomic E-state index is 12.2. The van der Waals surface area contributed by atoms with Crippen molar-refractivity contribution in [3.63, 3.8) is 0 Å². The van der Waals surface area contributed by atoms with Crippen LogP contribution in [0.3, 0.4) is 0 Å². The zero-order valence-corrected chi connectivity index (χ0v) is 11.0. The van der Waals surface area contributed by atoms with Crippen LogP contribution in [0.2, 0.25) is 0 Å². The van der Waals surface area contributed by atoms with Gasteiger partial charge in [0, 0.05) is 17.4 Å². The van der Waals surface area contributed by atoms with Crippen molar-refractivity contribution in [1.29, 1.82) is 0 Å². The SMILES string of the molecule is Nc1cccc(C(=O)Nc2cccnc2-n2cncn2)c1. The molecule has 3 rings (SSSR count). The number of carbonyl (C=O) groups is 1. The fraction of sp³-hybridized carbons (Fsp3) is 0. The summed E-state index contributed by atoms with van der Waals surface area (Å²) < 4.78 is 1.48. The lowest BCUT2D eigenvalue weighted by molar-refractivity contribution is 0.102. The fourth-order valence-corrected chi connectivity index (χ4v) is 1.87. The molecule has 7 nitrogen and oxygen atoms in total. The number of hydrogen-bond acceptors (Lipinski definition) is 5. The van der Waals surface area contributed by atoms with Gasteiger partial charge in [0.15, 0.2) is 5.82 Å². The molecule has 2 aromatic heterocycles. The Balaban J connectivity index is 1.90. The van der Waals surface area contributed by atoms with Crippen molar-refractivity contribution in [1.82, 2.24) is 19.7 Å². The fourth-order valence-electron chi connectivity index (χ4n) is 1.87. The van der Waals surface area contributed by atoms with Crippen molar-refractivity contribution in [3.05, 3.63) is 60.8 Å².